The average Bonchev–Trinajstić information content (AvgIpc) is 3.24. The highest BCUT2D eigenvalue weighted by Gasteiger charge is 2.67. The molecule has 4 aliphatic carbocycles. The van der Waals surface area contributed by atoms with Gasteiger partial charge in [-0.2, -0.15) is 9.57 Å². The minimum Gasteiger partial charge on any atom is -0.461 e. The Hall–Kier alpha value is -1.28. The summed E-state index contributed by atoms with van der Waals surface area (Å²) in [4.78, 5) is 13.4. The van der Waals surface area contributed by atoms with Gasteiger partial charge in [0, 0.05) is 23.9 Å². The number of alkyl halides is 1. The summed E-state index contributed by atoms with van der Waals surface area (Å²) in [6.07, 6.45) is 12.3. The first-order valence-corrected chi connectivity index (χ1v) is 16.8. The highest BCUT2D eigenvalue weighted by molar-refractivity contribution is 7.89. The summed E-state index contributed by atoms with van der Waals surface area (Å²) in [6, 6.07) is 2.26. The Morgan fingerprint density at radius 2 is 1.61 bits per heavy atom. The Balaban J connectivity index is 1.63. The molecule has 0 radical (unpaired) electrons. The van der Waals surface area contributed by atoms with Gasteiger partial charge in [-0.3, -0.25) is 4.79 Å². The van der Waals surface area contributed by atoms with Crippen LogP contribution in [0.25, 0.3) is 0 Å². The normalized spacial score (nSPS) is 31.3. The molecule has 4 rings (SSSR count). The van der Waals surface area contributed by atoms with Gasteiger partial charge in [0.15, 0.2) is 5.41 Å². The van der Waals surface area contributed by atoms with E-state index in [1.807, 2.05) is 4.31 Å². The molecule has 0 aromatic carbocycles. The van der Waals surface area contributed by atoms with Crippen molar-refractivity contribution in [3.63, 3.8) is 0 Å². The Labute approximate surface area is 235 Å². The van der Waals surface area contributed by atoms with E-state index in [0.29, 0.717) is 6.42 Å². The van der Waals surface area contributed by atoms with Crippen molar-refractivity contribution in [2.24, 2.45) is 22.2 Å². The predicted octanol–water partition coefficient (Wildman–Crippen LogP) is 6.18. The van der Waals surface area contributed by atoms with Gasteiger partial charge in [-0.25, -0.2) is 8.42 Å². The maximum atomic E-state index is 14.5. The molecule has 4 atom stereocenters. The third-order valence-corrected chi connectivity index (χ3v) is 12.8. The molecular formula is C30H45ClN2O4S. The SMILES string of the molecule is CC1(C)[C@@H]2CC[C@@]1(CS(=O)(=O)N(C1CCCCC1)C1CCCCC1)[C@H](OC(=O)[C@@](C)(C#N)CC#CCCl)C2. The van der Waals surface area contributed by atoms with Crippen LogP contribution in [0.5, 0.6) is 0 Å². The van der Waals surface area contributed by atoms with Gasteiger partial charge in [-0.15, -0.1) is 11.6 Å². The number of esters is 1. The molecule has 0 spiro atoms. The Morgan fingerprint density at radius 3 is 2.11 bits per heavy atom. The molecule has 0 aliphatic heterocycles. The van der Waals surface area contributed by atoms with E-state index >= 15 is 0 Å². The average molecular weight is 565 g/mol. The van der Waals surface area contributed by atoms with E-state index in [4.69, 9.17) is 16.3 Å². The molecule has 0 saturated heterocycles. The predicted molar refractivity (Wildman–Crippen MR) is 150 cm³/mol. The number of hydrogen-bond acceptors (Lipinski definition) is 5. The van der Waals surface area contributed by atoms with Gasteiger partial charge < -0.3 is 4.74 Å². The number of sulfonamides is 1. The van der Waals surface area contributed by atoms with Crippen molar-refractivity contribution < 1.29 is 17.9 Å². The molecule has 2 bridgehead atoms. The van der Waals surface area contributed by atoms with E-state index in [9.17, 15) is 18.5 Å². The number of nitrogens with zero attached hydrogens (tertiary/aromatic N) is 2. The number of carbonyl (C=O) groups is 1. The molecule has 212 valence electrons. The van der Waals surface area contributed by atoms with Gasteiger partial charge in [0.1, 0.15) is 6.10 Å². The van der Waals surface area contributed by atoms with Crippen LogP contribution in [0.2, 0.25) is 0 Å². The van der Waals surface area contributed by atoms with E-state index in [-0.39, 0.29) is 41.5 Å². The third-order valence-electron chi connectivity index (χ3n) is 10.6. The van der Waals surface area contributed by atoms with Gasteiger partial charge in [0.2, 0.25) is 10.0 Å². The lowest BCUT2D eigenvalue weighted by molar-refractivity contribution is -0.164. The van der Waals surface area contributed by atoms with Gasteiger partial charge >= 0.3 is 5.97 Å². The Kier molecular flexibility index (Phi) is 9.13. The van der Waals surface area contributed by atoms with Crippen LogP contribution < -0.4 is 0 Å². The van der Waals surface area contributed by atoms with Crippen LogP contribution >= 0.6 is 11.6 Å². The molecule has 4 saturated carbocycles. The lowest BCUT2D eigenvalue weighted by atomic mass is 9.69. The fraction of sp³-hybridized carbons (Fsp3) is 0.867. The van der Waals surface area contributed by atoms with E-state index < -0.39 is 32.9 Å². The molecule has 0 N–H and O–H groups in total. The second kappa shape index (κ2) is 11.7. The molecule has 0 heterocycles. The van der Waals surface area contributed by atoms with Crippen molar-refractivity contribution >= 4 is 27.6 Å². The first-order chi connectivity index (χ1) is 18.0. The summed E-state index contributed by atoms with van der Waals surface area (Å²) in [5.74, 6) is 5.36. The molecule has 8 heteroatoms. The van der Waals surface area contributed by atoms with Gasteiger partial charge in [0.05, 0.1) is 17.7 Å². The second-order valence-corrected chi connectivity index (χ2v) is 15.2. The molecule has 0 unspecified atom stereocenters. The maximum Gasteiger partial charge on any atom is 0.327 e. The zero-order valence-electron chi connectivity index (χ0n) is 23.4. The molecule has 4 aliphatic rings. The maximum absolute atomic E-state index is 14.5. The van der Waals surface area contributed by atoms with E-state index in [1.165, 1.54) is 12.8 Å². The summed E-state index contributed by atoms with van der Waals surface area (Å²) >= 11 is 5.65. The number of fused-ring (bicyclic) bond motifs is 2. The Morgan fingerprint density at radius 1 is 1.03 bits per heavy atom. The topological polar surface area (TPSA) is 87.5 Å². The van der Waals surface area contributed by atoms with Crippen molar-refractivity contribution in [3.05, 3.63) is 0 Å². The third kappa shape index (κ3) is 5.50. The molecule has 0 aromatic heterocycles. The highest BCUT2D eigenvalue weighted by Crippen LogP contribution is 2.67. The van der Waals surface area contributed by atoms with Crippen LogP contribution in [0.1, 0.15) is 111 Å². The van der Waals surface area contributed by atoms with Crippen molar-refractivity contribution in [2.75, 3.05) is 11.6 Å². The fourth-order valence-electron chi connectivity index (χ4n) is 8.03. The summed E-state index contributed by atoms with van der Waals surface area (Å²) in [5.41, 5.74) is -2.36. The van der Waals surface area contributed by atoms with Crippen molar-refractivity contribution in [2.45, 2.75) is 129 Å². The summed E-state index contributed by atoms with van der Waals surface area (Å²) in [5, 5.41) is 9.82. The van der Waals surface area contributed by atoms with Crippen LogP contribution in [-0.4, -0.2) is 48.5 Å². The minimum absolute atomic E-state index is 0.0176. The van der Waals surface area contributed by atoms with Crippen LogP contribution in [0.3, 0.4) is 0 Å². The number of ether oxygens (including phenoxy) is 1. The van der Waals surface area contributed by atoms with Gasteiger partial charge in [-0.1, -0.05) is 64.2 Å². The molecule has 38 heavy (non-hydrogen) atoms. The van der Waals surface area contributed by atoms with Crippen molar-refractivity contribution in [1.29, 1.82) is 5.26 Å². The van der Waals surface area contributed by atoms with E-state index in [0.717, 1.165) is 64.2 Å². The number of nitriles is 1. The molecule has 4 fully saturated rings. The number of hydrogen-bond donors (Lipinski definition) is 0. The molecule has 6 nitrogen and oxygen atoms in total. The number of halogens is 1. The first kappa shape index (κ1) is 29.7. The van der Waals surface area contributed by atoms with Crippen molar-refractivity contribution in [1.82, 2.24) is 4.31 Å². The summed E-state index contributed by atoms with van der Waals surface area (Å²) in [6.45, 7) is 5.87. The van der Waals surface area contributed by atoms with E-state index in [1.54, 1.807) is 6.92 Å². The van der Waals surface area contributed by atoms with Crippen LogP contribution in [0.15, 0.2) is 0 Å². The van der Waals surface area contributed by atoms with Crippen molar-refractivity contribution in [3.8, 4) is 17.9 Å². The molecular weight excluding hydrogens is 520 g/mol. The highest BCUT2D eigenvalue weighted by atomic mass is 35.5. The lowest BCUT2D eigenvalue weighted by Gasteiger charge is -2.46. The zero-order valence-corrected chi connectivity index (χ0v) is 25.0. The lowest BCUT2D eigenvalue weighted by Crippen LogP contribution is -2.55. The summed E-state index contributed by atoms with van der Waals surface area (Å²) in [7, 11) is -3.61. The van der Waals surface area contributed by atoms with Gasteiger partial charge in [0.25, 0.3) is 0 Å². The van der Waals surface area contributed by atoms with Gasteiger partial charge in [-0.05, 0) is 63.2 Å². The monoisotopic (exact) mass is 564 g/mol. The first-order valence-electron chi connectivity index (χ1n) is 14.7. The second-order valence-electron chi connectivity index (χ2n) is 13.0. The van der Waals surface area contributed by atoms with Crippen LogP contribution in [0, 0.1) is 45.3 Å². The van der Waals surface area contributed by atoms with E-state index in [2.05, 4.69) is 31.8 Å². The quantitative estimate of drug-likeness (QED) is 0.199. The van der Waals surface area contributed by atoms with Crippen LogP contribution in [0.4, 0.5) is 0 Å². The summed E-state index contributed by atoms with van der Waals surface area (Å²) < 4.78 is 37.1. The number of rotatable bonds is 8. The fourth-order valence-corrected chi connectivity index (χ4v) is 11.0. The van der Waals surface area contributed by atoms with Crippen LogP contribution in [-0.2, 0) is 19.6 Å². The smallest absolute Gasteiger partial charge is 0.327 e. The minimum atomic E-state index is -3.61. The standard InChI is InChI=1S/C30H45ClN2O4S/c1-28(2)23-16-18-30(28,26(20-23)37-27(34)29(3,21-32)17-10-11-19-31)22-38(35,36)33(24-12-6-4-7-13-24)25-14-8-5-9-15-25/h23-26H,4-9,12-20,22H2,1-3H3/t23-,26-,29-,30-/m1/s1. The largest absolute Gasteiger partial charge is 0.461 e. The molecule has 0 aromatic rings. The zero-order chi connectivity index (χ0) is 27.6. The molecule has 0 amide bonds. The Bertz CT molecular complexity index is 1060. The number of carbonyl (C=O) groups excluding carboxylic acids is 1.